The largest absolute Gasteiger partial charge is 0.305 e. The predicted molar refractivity (Wildman–Crippen MR) is 86.6 cm³/mol. The fourth-order valence-corrected chi connectivity index (χ4v) is 2.23. The number of carbonyl (C=O) groups excluding carboxylic acids is 1. The molecule has 2 aromatic heterocycles. The number of halogens is 1. The molecule has 0 aliphatic heterocycles. The second kappa shape index (κ2) is 6.87. The normalized spacial score (nSPS) is 10.4. The molecule has 8 nitrogen and oxygen atoms in total. The zero-order valence-electron chi connectivity index (χ0n) is 12.8. The van der Waals surface area contributed by atoms with E-state index in [1.165, 1.54) is 0 Å². The molecule has 0 spiro atoms. The molecule has 0 unspecified atom stereocenters. The molecule has 9 heteroatoms. The van der Waals surface area contributed by atoms with E-state index in [4.69, 9.17) is 0 Å². The van der Waals surface area contributed by atoms with Crippen LogP contribution in [-0.4, -0.2) is 25.6 Å². The van der Waals surface area contributed by atoms with Crippen molar-refractivity contribution in [2.75, 3.05) is 5.32 Å². The van der Waals surface area contributed by atoms with Gasteiger partial charge in [-0.05, 0) is 23.8 Å². The molecule has 0 aliphatic carbocycles. The number of pyridine rings is 1. The van der Waals surface area contributed by atoms with Crippen molar-refractivity contribution in [2.45, 2.75) is 6.54 Å². The quantitative estimate of drug-likeness (QED) is 0.567. The molecule has 1 aromatic carbocycles. The number of rotatable bonds is 5. The molecule has 0 fully saturated rings. The summed E-state index contributed by atoms with van der Waals surface area (Å²) in [4.78, 5) is 26.5. The van der Waals surface area contributed by atoms with Gasteiger partial charge in [0.05, 0.1) is 11.5 Å². The molecule has 0 saturated heterocycles. The summed E-state index contributed by atoms with van der Waals surface area (Å²) in [5.41, 5.74) is 0.0738. The van der Waals surface area contributed by atoms with Crippen molar-refractivity contribution in [1.82, 2.24) is 14.8 Å². The average Bonchev–Trinajstić information content (AvgIpc) is 3.02. The maximum Gasteiger partial charge on any atom is 0.282 e. The first kappa shape index (κ1) is 16.2. The Kier molecular flexibility index (Phi) is 4.46. The van der Waals surface area contributed by atoms with Crippen molar-refractivity contribution in [3.05, 3.63) is 82.0 Å². The Bertz CT molecular complexity index is 927. The van der Waals surface area contributed by atoms with Crippen LogP contribution < -0.4 is 5.32 Å². The van der Waals surface area contributed by atoms with Gasteiger partial charge in [-0.25, -0.2) is 4.39 Å². The van der Waals surface area contributed by atoms with Gasteiger partial charge in [-0.15, -0.1) is 0 Å². The Labute approximate surface area is 141 Å². The van der Waals surface area contributed by atoms with Crippen LogP contribution in [0.4, 0.5) is 15.9 Å². The third-order valence-corrected chi connectivity index (χ3v) is 3.35. The van der Waals surface area contributed by atoms with Crippen LogP contribution in [0, 0.1) is 15.9 Å². The Morgan fingerprint density at radius 3 is 2.88 bits per heavy atom. The van der Waals surface area contributed by atoms with Gasteiger partial charge in [0.15, 0.2) is 5.82 Å². The highest BCUT2D eigenvalue weighted by molar-refractivity contribution is 6.06. The number of hydrogen-bond acceptors (Lipinski definition) is 5. The number of aromatic nitrogens is 3. The minimum atomic E-state index is -0.808. The minimum absolute atomic E-state index is 0.201. The summed E-state index contributed by atoms with van der Waals surface area (Å²) >= 11 is 0. The number of nitrogens with zero attached hydrogens (tertiary/aromatic N) is 4. The number of carbonyl (C=O) groups is 1. The van der Waals surface area contributed by atoms with Crippen LogP contribution in [-0.2, 0) is 6.54 Å². The van der Waals surface area contributed by atoms with Gasteiger partial charge in [0.1, 0.15) is 11.4 Å². The first-order valence-electron chi connectivity index (χ1n) is 7.20. The molecular weight excluding hydrogens is 329 g/mol. The minimum Gasteiger partial charge on any atom is -0.305 e. The molecule has 0 atom stereocenters. The third-order valence-electron chi connectivity index (χ3n) is 3.35. The Hall–Kier alpha value is -3.62. The van der Waals surface area contributed by atoms with Gasteiger partial charge < -0.3 is 5.32 Å². The molecule has 2 heterocycles. The Morgan fingerprint density at radius 2 is 2.16 bits per heavy atom. The van der Waals surface area contributed by atoms with Gasteiger partial charge in [0.25, 0.3) is 11.6 Å². The second-order valence-electron chi connectivity index (χ2n) is 5.13. The van der Waals surface area contributed by atoms with Crippen molar-refractivity contribution in [3.63, 3.8) is 0 Å². The highest BCUT2D eigenvalue weighted by atomic mass is 19.1. The maximum atomic E-state index is 13.3. The zero-order chi connectivity index (χ0) is 17.8. The smallest absolute Gasteiger partial charge is 0.282 e. The second-order valence-corrected chi connectivity index (χ2v) is 5.13. The monoisotopic (exact) mass is 341 g/mol. The van der Waals surface area contributed by atoms with E-state index in [-0.39, 0.29) is 11.4 Å². The number of amides is 1. The summed E-state index contributed by atoms with van der Waals surface area (Å²) < 4.78 is 14.9. The summed E-state index contributed by atoms with van der Waals surface area (Å²) in [5.74, 6) is -1.34. The summed E-state index contributed by atoms with van der Waals surface area (Å²) in [6.07, 6.45) is 4.99. The van der Waals surface area contributed by atoms with Crippen LogP contribution in [0.1, 0.15) is 15.9 Å². The molecule has 1 N–H and O–H groups in total. The van der Waals surface area contributed by atoms with Gasteiger partial charge in [0.2, 0.25) is 0 Å². The van der Waals surface area contributed by atoms with E-state index in [0.29, 0.717) is 6.54 Å². The van der Waals surface area contributed by atoms with Gasteiger partial charge >= 0.3 is 0 Å². The molecule has 0 bridgehead atoms. The lowest BCUT2D eigenvalue weighted by molar-refractivity contribution is -0.385. The first-order chi connectivity index (χ1) is 12.0. The topological polar surface area (TPSA) is 103 Å². The summed E-state index contributed by atoms with van der Waals surface area (Å²) in [6.45, 7) is 0.448. The van der Waals surface area contributed by atoms with E-state index >= 15 is 0 Å². The van der Waals surface area contributed by atoms with Gasteiger partial charge in [-0.2, -0.15) is 5.10 Å². The maximum absolute atomic E-state index is 13.3. The molecule has 0 aliphatic rings. The Balaban J connectivity index is 1.76. The van der Waals surface area contributed by atoms with E-state index in [1.807, 2.05) is 6.07 Å². The van der Waals surface area contributed by atoms with Gasteiger partial charge in [-0.1, -0.05) is 6.07 Å². The predicted octanol–water partition coefficient (Wildman–Crippen LogP) is 2.63. The van der Waals surface area contributed by atoms with E-state index in [2.05, 4.69) is 15.4 Å². The third kappa shape index (κ3) is 3.83. The lowest BCUT2D eigenvalue weighted by atomic mass is 10.1. The average molecular weight is 341 g/mol. The number of nitro benzene ring substituents is 1. The van der Waals surface area contributed by atoms with Crippen molar-refractivity contribution in [3.8, 4) is 0 Å². The van der Waals surface area contributed by atoms with Crippen LogP contribution in [0.3, 0.4) is 0 Å². The van der Waals surface area contributed by atoms with E-state index in [9.17, 15) is 19.3 Å². The van der Waals surface area contributed by atoms with Crippen LogP contribution in [0.5, 0.6) is 0 Å². The zero-order valence-corrected chi connectivity index (χ0v) is 12.8. The van der Waals surface area contributed by atoms with Crippen LogP contribution in [0.2, 0.25) is 0 Å². The fourth-order valence-electron chi connectivity index (χ4n) is 2.23. The fraction of sp³-hybridized carbons (Fsp3) is 0.0625. The molecule has 3 rings (SSSR count). The lowest BCUT2D eigenvalue weighted by Gasteiger charge is -2.04. The molecule has 1 amide bonds. The molecule has 3 aromatic rings. The highest BCUT2D eigenvalue weighted by Gasteiger charge is 2.21. The standard InChI is InChI=1S/C16H12FN5O3/c17-12-3-4-14(22(24)25)13(8-12)16(23)19-15-5-7-21(20-15)10-11-2-1-6-18-9-11/h1-9H,10H2,(H,19,20,23). The Morgan fingerprint density at radius 1 is 1.32 bits per heavy atom. The lowest BCUT2D eigenvalue weighted by Crippen LogP contribution is -2.15. The van der Waals surface area contributed by atoms with Crippen LogP contribution in [0.25, 0.3) is 0 Å². The van der Waals surface area contributed by atoms with E-state index < -0.39 is 22.3 Å². The van der Waals surface area contributed by atoms with Crippen molar-refractivity contribution in [2.24, 2.45) is 0 Å². The van der Waals surface area contributed by atoms with Crippen molar-refractivity contribution >= 4 is 17.4 Å². The molecular formula is C16H12FN5O3. The summed E-state index contributed by atoms with van der Waals surface area (Å²) in [6, 6.07) is 7.91. The number of anilines is 1. The van der Waals surface area contributed by atoms with Crippen LogP contribution in [0.15, 0.2) is 55.0 Å². The summed E-state index contributed by atoms with van der Waals surface area (Å²) in [5, 5.41) is 17.6. The highest BCUT2D eigenvalue weighted by Crippen LogP contribution is 2.20. The van der Waals surface area contributed by atoms with Gasteiger partial charge in [0, 0.05) is 30.7 Å². The molecule has 126 valence electrons. The number of hydrogen-bond donors (Lipinski definition) is 1. The van der Waals surface area contributed by atoms with Crippen molar-refractivity contribution in [1.29, 1.82) is 0 Å². The van der Waals surface area contributed by atoms with E-state index in [1.54, 1.807) is 35.4 Å². The summed E-state index contributed by atoms with van der Waals surface area (Å²) in [7, 11) is 0. The number of nitrogens with one attached hydrogen (secondary N) is 1. The van der Waals surface area contributed by atoms with Gasteiger partial charge in [-0.3, -0.25) is 24.6 Å². The van der Waals surface area contributed by atoms with Crippen LogP contribution >= 0.6 is 0 Å². The molecule has 0 radical (unpaired) electrons. The van der Waals surface area contributed by atoms with Crippen molar-refractivity contribution < 1.29 is 14.1 Å². The van der Waals surface area contributed by atoms with E-state index in [0.717, 1.165) is 23.8 Å². The molecule has 25 heavy (non-hydrogen) atoms. The first-order valence-corrected chi connectivity index (χ1v) is 7.20. The number of nitro groups is 1. The molecule has 0 saturated carbocycles. The number of benzene rings is 1. The SMILES string of the molecule is O=C(Nc1ccn(Cc2cccnc2)n1)c1cc(F)ccc1[N+](=O)[O-].